The highest BCUT2D eigenvalue weighted by Crippen LogP contribution is 2.35. The van der Waals surface area contributed by atoms with Crippen molar-refractivity contribution in [2.75, 3.05) is 13.6 Å². The summed E-state index contributed by atoms with van der Waals surface area (Å²) in [5.74, 6) is 0.715. The summed E-state index contributed by atoms with van der Waals surface area (Å²) >= 11 is 6.67. The largest absolute Gasteiger partial charge is 0.372 e. The fourth-order valence-electron chi connectivity index (χ4n) is 3.84. The van der Waals surface area contributed by atoms with Gasteiger partial charge in [0.25, 0.3) is 0 Å². The Morgan fingerprint density at radius 1 is 1.17 bits per heavy atom. The van der Waals surface area contributed by atoms with Gasteiger partial charge in [-0.05, 0) is 36.0 Å². The van der Waals surface area contributed by atoms with Crippen molar-refractivity contribution < 1.29 is 9.90 Å². The van der Waals surface area contributed by atoms with Gasteiger partial charge in [0.15, 0.2) is 0 Å². The van der Waals surface area contributed by atoms with E-state index in [0.29, 0.717) is 24.0 Å². The van der Waals surface area contributed by atoms with E-state index in [0.717, 1.165) is 34.3 Å². The SMILES string of the molecule is CN1CC(O)N(Cc2ccc(-c3ccc4c(nnn4CC4CC4)c3Cl)cc2)C1=O. The van der Waals surface area contributed by atoms with Crippen LogP contribution in [0.25, 0.3) is 22.2 Å². The minimum absolute atomic E-state index is 0.163. The van der Waals surface area contributed by atoms with Crippen LogP contribution in [0.5, 0.6) is 0 Å². The molecule has 2 fully saturated rings. The van der Waals surface area contributed by atoms with Gasteiger partial charge in [-0.15, -0.1) is 5.10 Å². The Kier molecular flexibility index (Phi) is 4.44. The highest BCUT2D eigenvalue weighted by atomic mass is 35.5. The maximum atomic E-state index is 12.1. The fraction of sp³-hybridized carbons (Fsp3) is 0.381. The molecular formula is C21H22ClN5O2. The van der Waals surface area contributed by atoms with E-state index in [4.69, 9.17) is 11.6 Å². The number of fused-ring (bicyclic) bond motifs is 1. The van der Waals surface area contributed by atoms with Crippen LogP contribution in [0.1, 0.15) is 18.4 Å². The molecule has 2 aliphatic rings. The number of aromatic nitrogens is 3. The number of likely N-dealkylation sites (N-methyl/N-ethyl adjacent to an activating group) is 1. The zero-order valence-corrected chi connectivity index (χ0v) is 16.9. The van der Waals surface area contributed by atoms with E-state index in [2.05, 4.69) is 10.3 Å². The lowest BCUT2D eigenvalue weighted by molar-refractivity contribution is 0.0589. The molecule has 150 valence electrons. The molecule has 1 aliphatic heterocycles. The molecule has 2 heterocycles. The molecule has 0 bridgehead atoms. The molecule has 1 atom stereocenters. The number of rotatable bonds is 5. The zero-order chi connectivity index (χ0) is 20.1. The van der Waals surface area contributed by atoms with Gasteiger partial charge in [0, 0.05) is 19.2 Å². The second kappa shape index (κ2) is 7.00. The topological polar surface area (TPSA) is 74.5 Å². The van der Waals surface area contributed by atoms with Crippen LogP contribution in [0.15, 0.2) is 36.4 Å². The van der Waals surface area contributed by atoms with Crippen LogP contribution in [0, 0.1) is 5.92 Å². The molecule has 0 spiro atoms. The third-order valence-corrected chi connectivity index (χ3v) is 6.12. The second-order valence-electron chi connectivity index (χ2n) is 7.98. The van der Waals surface area contributed by atoms with Gasteiger partial charge < -0.3 is 10.0 Å². The molecule has 2 amide bonds. The molecule has 5 rings (SSSR count). The first-order chi connectivity index (χ1) is 14.0. The second-order valence-corrected chi connectivity index (χ2v) is 8.36. The standard InChI is InChI=1S/C21H22ClN5O2/c1-25-12-18(28)26(21(25)29)10-13-4-6-15(7-5-13)16-8-9-17-20(19(16)22)23-24-27(17)11-14-2-3-14/h4-9,14,18,28H,2-3,10-12H2,1H3. The number of aliphatic hydroxyl groups excluding tert-OH is 1. The Hall–Kier alpha value is -2.64. The number of urea groups is 1. The van der Waals surface area contributed by atoms with Gasteiger partial charge in [-0.25, -0.2) is 9.48 Å². The van der Waals surface area contributed by atoms with Crippen molar-refractivity contribution in [1.82, 2.24) is 24.8 Å². The first-order valence-electron chi connectivity index (χ1n) is 9.82. The van der Waals surface area contributed by atoms with E-state index in [1.54, 1.807) is 7.05 Å². The maximum absolute atomic E-state index is 12.1. The maximum Gasteiger partial charge on any atom is 0.322 e. The molecule has 7 nitrogen and oxygen atoms in total. The highest BCUT2D eigenvalue weighted by Gasteiger charge is 2.33. The number of hydrogen-bond acceptors (Lipinski definition) is 4. The molecular weight excluding hydrogens is 390 g/mol. The lowest BCUT2D eigenvalue weighted by atomic mass is 10.0. The number of carbonyl (C=O) groups is 1. The molecule has 1 saturated carbocycles. The number of β-amino-alcohol motifs (C(OH)–C–C–N with tert-alkyl or cyclic N) is 1. The quantitative estimate of drug-likeness (QED) is 0.698. The number of nitrogens with zero attached hydrogens (tertiary/aromatic N) is 5. The van der Waals surface area contributed by atoms with Crippen LogP contribution < -0.4 is 0 Å². The normalized spacial score (nSPS) is 19.6. The van der Waals surface area contributed by atoms with Gasteiger partial charge in [0.1, 0.15) is 11.7 Å². The van der Waals surface area contributed by atoms with Crippen molar-refractivity contribution in [2.45, 2.75) is 32.2 Å². The summed E-state index contributed by atoms with van der Waals surface area (Å²) in [6.45, 7) is 1.60. The molecule has 1 saturated heterocycles. The fourth-order valence-corrected chi connectivity index (χ4v) is 4.14. The molecule has 2 aromatic carbocycles. The average Bonchev–Trinajstić information content (AvgIpc) is 3.39. The lowest BCUT2D eigenvalue weighted by Crippen LogP contribution is -2.33. The van der Waals surface area contributed by atoms with Gasteiger partial charge in [0.05, 0.1) is 23.6 Å². The molecule has 8 heteroatoms. The Bertz CT molecular complexity index is 1080. The van der Waals surface area contributed by atoms with Crippen LogP contribution in [-0.4, -0.2) is 55.8 Å². The summed E-state index contributed by atoms with van der Waals surface area (Å²) < 4.78 is 1.95. The Balaban J connectivity index is 1.39. The van der Waals surface area contributed by atoms with Gasteiger partial charge in [0.2, 0.25) is 0 Å². The van der Waals surface area contributed by atoms with Crippen LogP contribution in [0.3, 0.4) is 0 Å². The number of aliphatic hydroxyl groups is 1. The van der Waals surface area contributed by atoms with Crippen LogP contribution in [-0.2, 0) is 13.1 Å². The van der Waals surface area contributed by atoms with E-state index in [9.17, 15) is 9.90 Å². The number of hydrogen-bond donors (Lipinski definition) is 1. The van der Waals surface area contributed by atoms with Crippen molar-refractivity contribution in [3.63, 3.8) is 0 Å². The number of benzene rings is 2. The van der Waals surface area contributed by atoms with Gasteiger partial charge in [-0.2, -0.15) is 0 Å². The van der Waals surface area contributed by atoms with E-state index in [1.165, 1.54) is 22.6 Å². The van der Waals surface area contributed by atoms with Gasteiger partial charge >= 0.3 is 6.03 Å². The summed E-state index contributed by atoms with van der Waals surface area (Å²) in [6, 6.07) is 11.7. The summed E-state index contributed by atoms with van der Waals surface area (Å²) in [6.07, 6.45) is 1.74. The molecule has 1 unspecified atom stereocenters. The monoisotopic (exact) mass is 411 g/mol. The van der Waals surface area contributed by atoms with Crippen LogP contribution in [0.4, 0.5) is 4.79 Å². The van der Waals surface area contributed by atoms with Crippen LogP contribution >= 0.6 is 11.6 Å². The first-order valence-corrected chi connectivity index (χ1v) is 10.2. The summed E-state index contributed by atoms with van der Waals surface area (Å²) in [7, 11) is 1.69. The Morgan fingerprint density at radius 3 is 2.59 bits per heavy atom. The summed E-state index contributed by atoms with van der Waals surface area (Å²) in [4.78, 5) is 15.1. The number of amides is 2. The van der Waals surface area contributed by atoms with Crippen LogP contribution in [0.2, 0.25) is 5.02 Å². The van der Waals surface area contributed by atoms with E-state index < -0.39 is 6.23 Å². The molecule has 0 radical (unpaired) electrons. The van der Waals surface area contributed by atoms with Crippen molar-refractivity contribution >= 4 is 28.7 Å². The zero-order valence-electron chi connectivity index (χ0n) is 16.1. The van der Waals surface area contributed by atoms with Crippen molar-refractivity contribution in [3.8, 4) is 11.1 Å². The number of halogens is 1. The predicted octanol–water partition coefficient (Wildman–Crippen LogP) is 3.35. The third-order valence-electron chi connectivity index (χ3n) is 5.74. The van der Waals surface area contributed by atoms with E-state index in [1.807, 2.05) is 41.1 Å². The van der Waals surface area contributed by atoms with Gasteiger partial charge in [-0.1, -0.05) is 47.1 Å². The van der Waals surface area contributed by atoms with Crippen molar-refractivity contribution in [3.05, 3.63) is 47.0 Å². The van der Waals surface area contributed by atoms with E-state index in [-0.39, 0.29) is 6.03 Å². The van der Waals surface area contributed by atoms with Gasteiger partial charge in [-0.3, -0.25) is 4.90 Å². The molecule has 3 aromatic rings. The van der Waals surface area contributed by atoms with Crippen molar-refractivity contribution in [1.29, 1.82) is 0 Å². The smallest absolute Gasteiger partial charge is 0.322 e. The predicted molar refractivity (Wildman–Crippen MR) is 110 cm³/mol. The Labute approximate surface area is 173 Å². The molecule has 1 aliphatic carbocycles. The Morgan fingerprint density at radius 2 is 1.93 bits per heavy atom. The summed E-state index contributed by atoms with van der Waals surface area (Å²) in [5, 5.41) is 19.2. The third kappa shape index (κ3) is 3.34. The minimum atomic E-state index is -0.776. The molecule has 1 N–H and O–H groups in total. The van der Waals surface area contributed by atoms with E-state index >= 15 is 0 Å². The first kappa shape index (κ1) is 18.4. The number of carbonyl (C=O) groups excluding carboxylic acids is 1. The molecule has 29 heavy (non-hydrogen) atoms. The average molecular weight is 412 g/mol. The van der Waals surface area contributed by atoms with Crippen molar-refractivity contribution in [2.24, 2.45) is 5.92 Å². The molecule has 1 aromatic heterocycles. The summed E-state index contributed by atoms with van der Waals surface area (Å²) in [5.41, 5.74) is 4.52. The lowest BCUT2D eigenvalue weighted by Gasteiger charge is -2.19. The minimum Gasteiger partial charge on any atom is -0.372 e. The highest BCUT2D eigenvalue weighted by molar-refractivity contribution is 6.37.